The molecular weight excluding hydrogens is 322 g/mol. The van der Waals surface area contributed by atoms with E-state index in [2.05, 4.69) is 81.1 Å². The second kappa shape index (κ2) is 11.3. The van der Waals surface area contributed by atoms with Gasteiger partial charge in [0.2, 0.25) is 0 Å². The maximum absolute atomic E-state index is 13.0. The van der Waals surface area contributed by atoms with E-state index >= 15 is 0 Å². The molecule has 1 atom stereocenters. The Hall–Kier alpha value is -0.570. The van der Waals surface area contributed by atoms with E-state index in [1.165, 1.54) is 0 Å². The molecule has 0 aliphatic carbocycles. The molecule has 0 aromatic rings. The van der Waals surface area contributed by atoms with Crippen LogP contribution in [-0.2, 0) is 9.53 Å². The molecule has 3 nitrogen and oxygen atoms in total. The van der Waals surface area contributed by atoms with Crippen molar-refractivity contribution in [3.63, 3.8) is 0 Å². The van der Waals surface area contributed by atoms with Gasteiger partial charge in [-0.05, 0) is 51.9 Å². The van der Waals surface area contributed by atoms with E-state index < -0.39 is 5.41 Å². The third-order valence-corrected chi connectivity index (χ3v) is 5.80. The van der Waals surface area contributed by atoms with E-state index in [1.807, 2.05) is 13.8 Å². The van der Waals surface area contributed by atoms with Crippen LogP contribution in [0.5, 0.6) is 0 Å². The van der Waals surface area contributed by atoms with Crippen molar-refractivity contribution in [2.75, 3.05) is 13.2 Å². The normalized spacial score (nSPS) is 14.9. The first-order valence-corrected chi connectivity index (χ1v) is 10.6. The van der Waals surface area contributed by atoms with Gasteiger partial charge in [0, 0.05) is 18.6 Å². The van der Waals surface area contributed by atoms with E-state index in [0.717, 1.165) is 19.4 Å². The van der Waals surface area contributed by atoms with Gasteiger partial charge in [-0.25, -0.2) is 0 Å². The Bertz CT molecular complexity index is 386. The van der Waals surface area contributed by atoms with Crippen LogP contribution >= 0.6 is 0 Å². The van der Waals surface area contributed by atoms with E-state index in [4.69, 9.17) is 4.74 Å². The molecule has 158 valence electrons. The third-order valence-electron chi connectivity index (χ3n) is 5.80. The largest absolute Gasteiger partial charge is 0.464 e. The van der Waals surface area contributed by atoms with Gasteiger partial charge in [0.25, 0.3) is 0 Å². The second-order valence-electron chi connectivity index (χ2n) is 9.84. The summed E-state index contributed by atoms with van der Waals surface area (Å²) in [7, 11) is 0. The standard InChI is InChI=1S/C21H43NO2.C2H6/c1-12-20(9,10)15-21(11,19(6,7)8)18(23)24-14-13-22(16(2)3)17(4)5;1-2/h16-17H,12-15H2,1-11H3;1-2H3. The van der Waals surface area contributed by atoms with Crippen molar-refractivity contribution in [1.82, 2.24) is 4.90 Å². The fourth-order valence-electron chi connectivity index (χ4n) is 3.24. The Kier molecular flexibility index (Phi) is 12.0. The Labute approximate surface area is 165 Å². The lowest BCUT2D eigenvalue weighted by atomic mass is 9.60. The Morgan fingerprint density at radius 1 is 0.923 bits per heavy atom. The molecule has 0 aromatic heterocycles. The van der Waals surface area contributed by atoms with Crippen molar-refractivity contribution in [2.24, 2.45) is 16.2 Å². The molecule has 26 heavy (non-hydrogen) atoms. The minimum atomic E-state index is -0.479. The summed E-state index contributed by atoms with van der Waals surface area (Å²) in [4.78, 5) is 15.3. The van der Waals surface area contributed by atoms with Crippen LogP contribution in [0.1, 0.15) is 103 Å². The van der Waals surface area contributed by atoms with Crippen molar-refractivity contribution in [3.05, 3.63) is 0 Å². The van der Waals surface area contributed by atoms with E-state index in [-0.39, 0.29) is 16.8 Å². The molecule has 0 bridgehead atoms. The van der Waals surface area contributed by atoms with Gasteiger partial charge in [0.15, 0.2) is 0 Å². The number of rotatable bonds is 9. The molecular formula is C23H49NO2. The fraction of sp³-hybridized carbons (Fsp3) is 0.957. The summed E-state index contributed by atoms with van der Waals surface area (Å²) in [6, 6.07) is 0.911. The van der Waals surface area contributed by atoms with Crippen molar-refractivity contribution in [2.45, 2.75) is 115 Å². The number of ether oxygens (including phenoxy) is 1. The summed E-state index contributed by atoms with van der Waals surface area (Å²) in [6.45, 7) is 29.2. The maximum Gasteiger partial charge on any atom is 0.312 e. The van der Waals surface area contributed by atoms with Gasteiger partial charge in [-0.15, -0.1) is 0 Å². The highest BCUT2D eigenvalue weighted by molar-refractivity contribution is 5.77. The van der Waals surface area contributed by atoms with Crippen molar-refractivity contribution < 1.29 is 9.53 Å². The minimum absolute atomic E-state index is 0.0519. The lowest BCUT2D eigenvalue weighted by Gasteiger charge is -2.44. The van der Waals surface area contributed by atoms with Crippen molar-refractivity contribution in [1.29, 1.82) is 0 Å². The Balaban J connectivity index is 0. The zero-order chi connectivity index (χ0) is 21.3. The lowest BCUT2D eigenvalue weighted by molar-refractivity contribution is -0.165. The Morgan fingerprint density at radius 2 is 1.35 bits per heavy atom. The summed E-state index contributed by atoms with van der Waals surface area (Å²) in [6.07, 6.45) is 1.90. The predicted molar refractivity (Wildman–Crippen MR) is 116 cm³/mol. The SMILES string of the molecule is CC.CCC(C)(C)CC(C)(C(=O)OCCN(C(C)C)C(C)C)C(C)(C)C. The number of hydrogen-bond donors (Lipinski definition) is 0. The van der Waals surface area contributed by atoms with Gasteiger partial charge in [-0.2, -0.15) is 0 Å². The minimum Gasteiger partial charge on any atom is -0.464 e. The summed E-state index contributed by atoms with van der Waals surface area (Å²) < 4.78 is 5.77. The van der Waals surface area contributed by atoms with Crippen LogP contribution in [0.3, 0.4) is 0 Å². The quantitative estimate of drug-likeness (QED) is 0.430. The predicted octanol–water partition coefficient (Wildman–Crippen LogP) is 6.55. The van der Waals surface area contributed by atoms with Gasteiger partial charge in [0.05, 0.1) is 5.41 Å². The fourth-order valence-corrected chi connectivity index (χ4v) is 3.24. The average Bonchev–Trinajstić information content (AvgIpc) is 2.50. The molecule has 0 spiro atoms. The van der Waals surface area contributed by atoms with Gasteiger partial charge in [-0.1, -0.05) is 61.8 Å². The van der Waals surface area contributed by atoms with Gasteiger partial charge in [-0.3, -0.25) is 9.69 Å². The monoisotopic (exact) mass is 371 g/mol. The molecule has 0 aliphatic rings. The zero-order valence-electron chi connectivity index (χ0n) is 20.2. The van der Waals surface area contributed by atoms with Crippen LogP contribution < -0.4 is 0 Å². The van der Waals surface area contributed by atoms with Crippen LogP contribution in [0.2, 0.25) is 0 Å². The first-order valence-electron chi connectivity index (χ1n) is 10.6. The van der Waals surface area contributed by atoms with E-state index in [1.54, 1.807) is 0 Å². The Morgan fingerprint density at radius 3 is 1.65 bits per heavy atom. The van der Waals surface area contributed by atoms with Gasteiger partial charge >= 0.3 is 5.97 Å². The third kappa shape index (κ3) is 8.41. The van der Waals surface area contributed by atoms with Gasteiger partial charge < -0.3 is 4.74 Å². The molecule has 0 saturated heterocycles. The van der Waals surface area contributed by atoms with Crippen LogP contribution in [-0.4, -0.2) is 36.1 Å². The molecule has 0 rings (SSSR count). The zero-order valence-corrected chi connectivity index (χ0v) is 20.2. The lowest BCUT2D eigenvalue weighted by Crippen LogP contribution is -2.46. The molecule has 0 radical (unpaired) electrons. The smallest absolute Gasteiger partial charge is 0.312 e. The van der Waals surface area contributed by atoms with E-state index in [0.29, 0.717) is 18.7 Å². The van der Waals surface area contributed by atoms with Gasteiger partial charge in [0.1, 0.15) is 6.61 Å². The van der Waals surface area contributed by atoms with E-state index in [9.17, 15) is 4.79 Å². The molecule has 0 saturated carbocycles. The molecule has 0 aliphatic heterocycles. The summed E-state index contributed by atoms with van der Waals surface area (Å²) in [5, 5.41) is 0. The molecule has 0 heterocycles. The molecule has 0 N–H and O–H groups in total. The molecule has 0 aromatic carbocycles. The maximum atomic E-state index is 13.0. The molecule has 1 unspecified atom stereocenters. The first-order chi connectivity index (χ1) is 11.7. The number of carbonyl (C=O) groups excluding carboxylic acids is 1. The summed E-state index contributed by atoms with van der Waals surface area (Å²) >= 11 is 0. The van der Waals surface area contributed by atoms with Crippen LogP contribution in [0.4, 0.5) is 0 Å². The first kappa shape index (κ1) is 27.6. The summed E-state index contributed by atoms with van der Waals surface area (Å²) in [5.74, 6) is -0.0519. The van der Waals surface area contributed by atoms with Crippen LogP contribution in [0.15, 0.2) is 0 Å². The average molecular weight is 372 g/mol. The van der Waals surface area contributed by atoms with Crippen LogP contribution in [0, 0.1) is 16.2 Å². The molecule has 0 fully saturated rings. The van der Waals surface area contributed by atoms with Crippen molar-refractivity contribution in [3.8, 4) is 0 Å². The molecule has 3 heteroatoms. The number of nitrogens with zero attached hydrogens (tertiary/aromatic N) is 1. The highest BCUT2D eigenvalue weighted by Gasteiger charge is 2.48. The second-order valence-corrected chi connectivity index (χ2v) is 9.84. The highest BCUT2D eigenvalue weighted by atomic mass is 16.5. The summed E-state index contributed by atoms with van der Waals surface area (Å²) in [5.41, 5.74) is -0.484. The number of hydrogen-bond acceptors (Lipinski definition) is 3. The van der Waals surface area contributed by atoms with Crippen molar-refractivity contribution >= 4 is 5.97 Å². The van der Waals surface area contributed by atoms with Crippen LogP contribution in [0.25, 0.3) is 0 Å². The highest BCUT2D eigenvalue weighted by Crippen LogP contribution is 2.48. The number of esters is 1. The number of carbonyl (C=O) groups is 1. The topological polar surface area (TPSA) is 29.5 Å². The molecule has 0 amide bonds.